The Kier molecular flexibility index (Phi) is 5.67. The zero-order chi connectivity index (χ0) is 20.1. The highest BCUT2D eigenvalue weighted by Crippen LogP contribution is 2.30. The summed E-state index contributed by atoms with van der Waals surface area (Å²) >= 11 is 0. The van der Waals surface area contributed by atoms with E-state index in [0.717, 1.165) is 17.7 Å². The van der Waals surface area contributed by atoms with Crippen LogP contribution in [0.4, 0.5) is 13.2 Å². The summed E-state index contributed by atoms with van der Waals surface area (Å²) in [5.41, 5.74) is 0.460. The fourth-order valence-corrected chi connectivity index (χ4v) is 2.67. The van der Waals surface area contributed by atoms with E-state index in [2.05, 4.69) is 10.4 Å². The van der Waals surface area contributed by atoms with Crippen LogP contribution in [0, 0.1) is 0 Å². The molecule has 28 heavy (non-hydrogen) atoms. The van der Waals surface area contributed by atoms with Gasteiger partial charge in [0.05, 0.1) is 24.6 Å². The number of aromatic nitrogens is 2. The minimum Gasteiger partial charge on any atom is -0.493 e. The molecule has 1 heterocycles. The monoisotopic (exact) mass is 389 g/mol. The standard InChI is InChI=1S/C20H18F3N3O2/c1-28-17-13-26(16-9-5-8-15(12-16)20(21,22)23)25-18(17)19(27)24-11-10-14-6-3-2-4-7-14/h2-9,12-13H,10-11H2,1H3,(H,24,27). The van der Waals surface area contributed by atoms with Crippen LogP contribution in [0.3, 0.4) is 0 Å². The molecule has 8 heteroatoms. The lowest BCUT2D eigenvalue weighted by atomic mass is 10.1. The van der Waals surface area contributed by atoms with Crippen LogP contribution >= 0.6 is 0 Å². The minimum absolute atomic E-state index is 0.00738. The van der Waals surface area contributed by atoms with Crippen LogP contribution in [0.1, 0.15) is 21.6 Å². The molecule has 3 rings (SSSR count). The number of nitrogens with zero attached hydrogens (tertiary/aromatic N) is 2. The number of amides is 1. The normalized spacial score (nSPS) is 11.3. The molecule has 0 aliphatic rings. The lowest BCUT2D eigenvalue weighted by Crippen LogP contribution is -2.26. The molecule has 0 aliphatic heterocycles. The first-order valence-electron chi connectivity index (χ1n) is 8.52. The number of hydrogen-bond acceptors (Lipinski definition) is 3. The maximum absolute atomic E-state index is 12.9. The molecule has 0 spiro atoms. The van der Waals surface area contributed by atoms with Gasteiger partial charge in [0.2, 0.25) is 0 Å². The van der Waals surface area contributed by atoms with Gasteiger partial charge in [0.15, 0.2) is 11.4 Å². The number of hydrogen-bond donors (Lipinski definition) is 1. The highest BCUT2D eigenvalue weighted by Gasteiger charge is 2.30. The lowest BCUT2D eigenvalue weighted by Gasteiger charge is -2.08. The number of nitrogens with one attached hydrogen (secondary N) is 1. The smallest absolute Gasteiger partial charge is 0.416 e. The molecule has 2 aromatic carbocycles. The van der Waals surface area contributed by atoms with Gasteiger partial charge < -0.3 is 10.1 Å². The van der Waals surface area contributed by atoms with Crippen molar-refractivity contribution in [3.8, 4) is 11.4 Å². The van der Waals surface area contributed by atoms with Crippen LogP contribution < -0.4 is 10.1 Å². The Hall–Kier alpha value is -3.29. The molecule has 0 saturated heterocycles. The van der Waals surface area contributed by atoms with Crippen LogP contribution in [0.15, 0.2) is 60.8 Å². The number of carbonyl (C=O) groups excluding carboxylic acids is 1. The summed E-state index contributed by atoms with van der Waals surface area (Å²) < 4.78 is 45.1. The summed E-state index contributed by atoms with van der Waals surface area (Å²) in [5, 5.41) is 6.86. The second-order valence-corrected chi connectivity index (χ2v) is 6.03. The van der Waals surface area contributed by atoms with Crippen molar-refractivity contribution in [3.63, 3.8) is 0 Å². The van der Waals surface area contributed by atoms with Crippen molar-refractivity contribution in [1.29, 1.82) is 0 Å². The first-order valence-corrected chi connectivity index (χ1v) is 8.52. The summed E-state index contributed by atoms with van der Waals surface area (Å²) in [6.45, 7) is 0.391. The molecule has 1 amide bonds. The predicted octanol–water partition coefficient (Wildman–Crippen LogP) is 3.87. The quantitative estimate of drug-likeness (QED) is 0.696. The predicted molar refractivity (Wildman–Crippen MR) is 97.6 cm³/mol. The third kappa shape index (κ3) is 4.51. The van der Waals surface area contributed by atoms with Gasteiger partial charge in [0.1, 0.15) is 0 Å². The third-order valence-corrected chi connectivity index (χ3v) is 4.10. The van der Waals surface area contributed by atoms with E-state index in [0.29, 0.717) is 13.0 Å². The number of carbonyl (C=O) groups is 1. The molecule has 0 fully saturated rings. The molecule has 0 aliphatic carbocycles. The van der Waals surface area contributed by atoms with Crippen LogP contribution in [0.25, 0.3) is 5.69 Å². The molecule has 1 aromatic heterocycles. The van der Waals surface area contributed by atoms with Crippen molar-refractivity contribution in [2.24, 2.45) is 0 Å². The molecule has 1 N–H and O–H groups in total. The number of methoxy groups -OCH3 is 1. The summed E-state index contributed by atoms with van der Waals surface area (Å²) in [6.07, 6.45) is -2.45. The molecule has 5 nitrogen and oxygen atoms in total. The zero-order valence-corrected chi connectivity index (χ0v) is 15.0. The van der Waals surface area contributed by atoms with Gasteiger partial charge >= 0.3 is 6.18 Å². The Balaban J connectivity index is 1.76. The molecule has 0 atom stereocenters. The van der Waals surface area contributed by atoms with Crippen molar-refractivity contribution in [2.45, 2.75) is 12.6 Å². The molecule has 0 radical (unpaired) electrons. The maximum atomic E-state index is 12.9. The molecular weight excluding hydrogens is 371 g/mol. The minimum atomic E-state index is -4.47. The van der Waals surface area contributed by atoms with E-state index in [4.69, 9.17) is 4.74 Å². The number of ether oxygens (including phenoxy) is 1. The van der Waals surface area contributed by atoms with Crippen LogP contribution in [-0.4, -0.2) is 29.3 Å². The Labute approximate surface area is 159 Å². The van der Waals surface area contributed by atoms with Crippen LogP contribution in [0.2, 0.25) is 0 Å². The van der Waals surface area contributed by atoms with E-state index in [9.17, 15) is 18.0 Å². The van der Waals surface area contributed by atoms with E-state index in [1.54, 1.807) is 0 Å². The van der Waals surface area contributed by atoms with E-state index >= 15 is 0 Å². The molecule has 0 bridgehead atoms. The van der Waals surface area contributed by atoms with Crippen molar-refractivity contribution < 1.29 is 22.7 Å². The number of benzene rings is 2. The average molecular weight is 389 g/mol. The average Bonchev–Trinajstić information content (AvgIpc) is 3.13. The Bertz CT molecular complexity index is 953. The Morgan fingerprint density at radius 3 is 2.57 bits per heavy atom. The molecule has 0 saturated carbocycles. The van der Waals surface area contributed by atoms with Crippen molar-refractivity contribution in [3.05, 3.63) is 77.6 Å². The van der Waals surface area contributed by atoms with Gasteiger partial charge in [-0.2, -0.15) is 18.3 Å². The van der Waals surface area contributed by atoms with Crippen molar-refractivity contribution in [1.82, 2.24) is 15.1 Å². The topological polar surface area (TPSA) is 56.2 Å². The van der Waals surface area contributed by atoms with Crippen molar-refractivity contribution in [2.75, 3.05) is 13.7 Å². The van der Waals surface area contributed by atoms with E-state index in [1.165, 1.54) is 30.1 Å². The SMILES string of the molecule is COc1cn(-c2cccc(C(F)(F)F)c2)nc1C(=O)NCCc1ccccc1. The highest BCUT2D eigenvalue weighted by atomic mass is 19.4. The lowest BCUT2D eigenvalue weighted by molar-refractivity contribution is -0.137. The summed E-state index contributed by atoms with van der Waals surface area (Å²) in [7, 11) is 1.37. The van der Waals surface area contributed by atoms with Gasteiger partial charge in [-0.05, 0) is 30.2 Å². The largest absolute Gasteiger partial charge is 0.493 e. The fraction of sp³-hybridized carbons (Fsp3) is 0.200. The van der Waals surface area contributed by atoms with Gasteiger partial charge in [0.25, 0.3) is 5.91 Å². The van der Waals surface area contributed by atoms with E-state index < -0.39 is 17.6 Å². The number of rotatable bonds is 6. The van der Waals surface area contributed by atoms with Gasteiger partial charge in [-0.15, -0.1) is 0 Å². The first-order chi connectivity index (χ1) is 13.4. The van der Waals surface area contributed by atoms with Crippen LogP contribution in [-0.2, 0) is 12.6 Å². The van der Waals surface area contributed by atoms with E-state index in [-0.39, 0.29) is 17.1 Å². The van der Waals surface area contributed by atoms with Crippen molar-refractivity contribution >= 4 is 5.91 Å². The second-order valence-electron chi connectivity index (χ2n) is 6.03. The molecule has 0 unspecified atom stereocenters. The van der Waals surface area contributed by atoms with Gasteiger partial charge in [0, 0.05) is 6.54 Å². The fourth-order valence-electron chi connectivity index (χ4n) is 2.67. The highest BCUT2D eigenvalue weighted by molar-refractivity contribution is 5.94. The Morgan fingerprint density at radius 1 is 1.14 bits per heavy atom. The van der Waals surface area contributed by atoms with Gasteiger partial charge in [-0.1, -0.05) is 36.4 Å². The number of alkyl halides is 3. The van der Waals surface area contributed by atoms with E-state index in [1.807, 2.05) is 30.3 Å². The zero-order valence-electron chi connectivity index (χ0n) is 15.0. The molecular formula is C20H18F3N3O2. The van der Waals surface area contributed by atoms with Gasteiger partial charge in [-0.25, -0.2) is 4.68 Å². The van der Waals surface area contributed by atoms with Gasteiger partial charge in [-0.3, -0.25) is 4.79 Å². The first kappa shape index (κ1) is 19.5. The summed E-state index contributed by atoms with van der Waals surface area (Å²) in [6, 6.07) is 14.3. The maximum Gasteiger partial charge on any atom is 0.416 e. The summed E-state index contributed by atoms with van der Waals surface area (Å²) in [5.74, 6) is -0.284. The second kappa shape index (κ2) is 8.16. The molecule has 146 valence electrons. The molecule has 3 aromatic rings. The number of halogens is 3. The Morgan fingerprint density at radius 2 is 1.89 bits per heavy atom. The van der Waals surface area contributed by atoms with Crippen LogP contribution in [0.5, 0.6) is 5.75 Å². The third-order valence-electron chi connectivity index (χ3n) is 4.10. The summed E-state index contributed by atoms with van der Waals surface area (Å²) in [4.78, 5) is 12.4.